The Morgan fingerprint density at radius 3 is 2.63 bits per heavy atom. The Labute approximate surface area is 127 Å². The molecule has 0 radical (unpaired) electrons. The average molecular weight is 343 g/mol. The minimum Gasteiger partial charge on any atom is -0.466 e. The quantitative estimate of drug-likeness (QED) is 0.844. The summed E-state index contributed by atoms with van der Waals surface area (Å²) in [5, 5.41) is 4.21. The van der Waals surface area contributed by atoms with Gasteiger partial charge in [-0.3, -0.25) is 0 Å². The van der Waals surface area contributed by atoms with Crippen LogP contribution in [0.2, 0.25) is 5.02 Å². The molecule has 0 fully saturated rings. The van der Waals surface area contributed by atoms with Crippen molar-refractivity contribution in [2.45, 2.75) is 26.8 Å². The van der Waals surface area contributed by atoms with Crippen LogP contribution in [0.4, 0.5) is 0 Å². The van der Waals surface area contributed by atoms with Crippen molar-refractivity contribution in [3.63, 3.8) is 0 Å². The van der Waals surface area contributed by atoms with Crippen LogP contribution in [0.3, 0.4) is 0 Å². The summed E-state index contributed by atoms with van der Waals surface area (Å²) < 4.78 is 6.55. The van der Waals surface area contributed by atoms with Gasteiger partial charge in [0.2, 0.25) is 0 Å². The van der Waals surface area contributed by atoms with Gasteiger partial charge in [0.15, 0.2) is 0 Å². The molecule has 1 aromatic heterocycles. The summed E-state index contributed by atoms with van der Waals surface area (Å²) in [4.78, 5) is 0. The van der Waals surface area contributed by atoms with Crippen LogP contribution in [0.5, 0.6) is 0 Å². The highest BCUT2D eigenvalue weighted by molar-refractivity contribution is 9.10. The molecule has 19 heavy (non-hydrogen) atoms. The number of rotatable bonds is 4. The van der Waals surface area contributed by atoms with Gasteiger partial charge in [-0.25, -0.2) is 0 Å². The van der Waals surface area contributed by atoms with Crippen molar-refractivity contribution in [3.05, 3.63) is 56.4 Å². The molecule has 102 valence electrons. The Balaban J connectivity index is 2.51. The number of hydrogen-bond donors (Lipinski definition) is 1. The Morgan fingerprint density at radius 1 is 1.32 bits per heavy atom. The van der Waals surface area contributed by atoms with Crippen LogP contribution in [0.1, 0.15) is 35.6 Å². The van der Waals surface area contributed by atoms with Gasteiger partial charge in [-0.1, -0.05) is 30.7 Å². The largest absolute Gasteiger partial charge is 0.466 e. The highest BCUT2D eigenvalue weighted by atomic mass is 79.9. The second-order valence-electron chi connectivity index (χ2n) is 4.50. The maximum atomic E-state index is 6.42. The van der Waals surface area contributed by atoms with E-state index in [1.807, 2.05) is 32.0 Å². The summed E-state index contributed by atoms with van der Waals surface area (Å²) in [5.74, 6) is 1.85. The summed E-state index contributed by atoms with van der Waals surface area (Å²) in [6, 6.07) is 8.11. The zero-order valence-corrected chi connectivity index (χ0v) is 13.6. The molecular formula is C15H17BrClNO. The maximum Gasteiger partial charge on any atom is 0.106 e. The van der Waals surface area contributed by atoms with Crippen molar-refractivity contribution in [2.75, 3.05) is 6.54 Å². The zero-order chi connectivity index (χ0) is 14.0. The highest BCUT2D eigenvalue weighted by Gasteiger charge is 2.21. The van der Waals surface area contributed by atoms with Crippen LogP contribution in [-0.2, 0) is 0 Å². The van der Waals surface area contributed by atoms with Gasteiger partial charge in [0.05, 0.1) is 11.1 Å². The molecule has 0 aliphatic carbocycles. The van der Waals surface area contributed by atoms with Crippen molar-refractivity contribution in [1.29, 1.82) is 0 Å². The van der Waals surface area contributed by atoms with Crippen molar-refractivity contribution in [3.8, 4) is 0 Å². The summed E-state index contributed by atoms with van der Waals surface area (Å²) in [5.41, 5.74) is 2.20. The van der Waals surface area contributed by atoms with E-state index in [1.165, 1.54) is 0 Å². The molecule has 1 N–H and O–H groups in total. The first-order chi connectivity index (χ1) is 9.04. The van der Waals surface area contributed by atoms with Gasteiger partial charge in [-0.2, -0.15) is 0 Å². The first kappa shape index (κ1) is 14.6. The van der Waals surface area contributed by atoms with Gasteiger partial charge in [0.25, 0.3) is 0 Å². The number of furan rings is 1. The number of hydrogen-bond acceptors (Lipinski definition) is 2. The number of aryl methyl sites for hydroxylation is 2. The lowest BCUT2D eigenvalue weighted by Crippen LogP contribution is -2.22. The normalized spacial score (nSPS) is 12.7. The SMILES string of the molecule is CCNC(c1cc(C)oc1C)c1cccc(Br)c1Cl. The Hall–Kier alpha value is -0.770. The van der Waals surface area contributed by atoms with Gasteiger partial charge >= 0.3 is 0 Å². The van der Waals surface area contributed by atoms with Gasteiger partial charge in [-0.15, -0.1) is 0 Å². The molecule has 0 aliphatic heterocycles. The second kappa shape index (κ2) is 6.12. The van der Waals surface area contributed by atoms with Gasteiger partial charge in [-0.05, 0) is 54.0 Å². The Kier molecular flexibility index (Phi) is 4.71. The van der Waals surface area contributed by atoms with E-state index in [0.717, 1.165) is 38.7 Å². The fraction of sp³-hybridized carbons (Fsp3) is 0.333. The van der Waals surface area contributed by atoms with Crippen LogP contribution in [-0.4, -0.2) is 6.54 Å². The van der Waals surface area contributed by atoms with E-state index >= 15 is 0 Å². The molecule has 0 aliphatic rings. The number of nitrogens with one attached hydrogen (secondary N) is 1. The minimum absolute atomic E-state index is 0.0486. The maximum absolute atomic E-state index is 6.42. The van der Waals surface area contributed by atoms with Crippen LogP contribution >= 0.6 is 27.5 Å². The van der Waals surface area contributed by atoms with E-state index in [2.05, 4.69) is 34.2 Å². The van der Waals surface area contributed by atoms with Crippen molar-refractivity contribution >= 4 is 27.5 Å². The van der Waals surface area contributed by atoms with E-state index in [0.29, 0.717) is 0 Å². The summed E-state index contributed by atoms with van der Waals surface area (Å²) >= 11 is 9.89. The third-order valence-electron chi connectivity index (χ3n) is 3.09. The molecule has 4 heteroatoms. The first-order valence-electron chi connectivity index (χ1n) is 6.28. The van der Waals surface area contributed by atoms with E-state index in [9.17, 15) is 0 Å². The van der Waals surface area contributed by atoms with Gasteiger partial charge in [0, 0.05) is 10.0 Å². The van der Waals surface area contributed by atoms with Crippen molar-refractivity contribution in [2.24, 2.45) is 0 Å². The molecule has 0 saturated heterocycles. The molecule has 0 saturated carbocycles. The molecule has 0 amide bonds. The molecule has 1 aromatic carbocycles. The predicted octanol–water partition coefficient (Wildman–Crippen LogP) is 5.01. The third-order valence-corrected chi connectivity index (χ3v) is 4.40. The third kappa shape index (κ3) is 3.04. The lowest BCUT2D eigenvalue weighted by atomic mass is 9.99. The second-order valence-corrected chi connectivity index (χ2v) is 5.73. The molecule has 1 atom stereocenters. The van der Waals surface area contributed by atoms with Crippen LogP contribution in [0.15, 0.2) is 33.2 Å². The summed E-state index contributed by atoms with van der Waals surface area (Å²) in [7, 11) is 0. The van der Waals surface area contributed by atoms with Crippen LogP contribution in [0.25, 0.3) is 0 Å². The smallest absolute Gasteiger partial charge is 0.106 e. The first-order valence-corrected chi connectivity index (χ1v) is 7.46. The standard InChI is InChI=1S/C15H17BrClNO/c1-4-18-15(12-8-9(2)19-10(12)3)11-6-5-7-13(16)14(11)17/h5-8,15,18H,4H2,1-3H3. The Morgan fingerprint density at radius 2 is 2.05 bits per heavy atom. The number of benzene rings is 1. The fourth-order valence-corrected chi connectivity index (χ4v) is 2.89. The molecule has 2 aromatic rings. The lowest BCUT2D eigenvalue weighted by molar-refractivity contribution is 0.495. The highest BCUT2D eigenvalue weighted by Crippen LogP contribution is 2.35. The topological polar surface area (TPSA) is 25.2 Å². The molecule has 0 spiro atoms. The zero-order valence-electron chi connectivity index (χ0n) is 11.3. The van der Waals surface area contributed by atoms with Gasteiger partial charge in [0.1, 0.15) is 11.5 Å². The molecule has 2 rings (SSSR count). The van der Waals surface area contributed by atoms with Crippen molar-refractivity contribution in [1.82, 2.24) is 5.32 Å². The van der Waals surface area contributed by atoms with E-state index in [4.69, 9.17) is 16.0 Å². The summed E-state index contributed by atoms with van der Waals surface area (Å²) in [6.07, 6.45) is 0. The molecule has 1 unspecified atom stereocenters. The van der Waals surface area contributed by atoms with E-state index in [-0.39, 0.29) is 6.04 Å². The monoisotopic (exact) mass is 341 g/mol. The van der Waals surface area contributed by atoms with E-state index in [1.54, 1.807) is 0 Å². The number of halogens is 2. The lowest BCUT2D eigenvalue weighted by Gasteiger charge is -2.19. The minimum atomic E-state index is 0.0486. The fourth-order valence-electron chi connectivity index (χ4n) is 2.27. The van der Waals surface area contributed by atoms with Crippen molar-refractivity contribution < 1.29 is 4.42 Å². The Bertz CT molecular complexity index is 580. The molecule has 2 nitrogen and oxygen atoms in total. The molecular weight excluding hydrogens is 326 g/mol. The summed E-state index contributed by atoms with van der Waals surface area (Å²) in [6.45, 7) is 6.89. The predicted molar refractivity (Wildman–Crippen MR) is 82.9 cm³/mol. The van der Waals surface area contributed by atoms with E-state index < -0.39 is 0 Å². The van der Waals surface area contributed by atoms with Crippen LogP contribution < -0.4 is 5.32 Å². The van der Waals surface area contributed by atoms with Crippen LogP contribution in [0, 0.1) is 13.8 Å². The molecule has 1 heterocycles. The van der Waals surface area contributed by atoms with Gasteiger partial charge < -0.3 is 9.73 Å². The molecule has 0 bridgehead atoms. The average Bonchev–Trinajstić information content (AvgIpc) is 2.69.